The van der Waals surface area contributed by atoms with Crippen LogP contribution < -0.4 is 10.0 Å². The lowest BCUT2D eigenvalue weighted by Crippen LogP contribution is -2.37. The zero-order valence-electron chi connectivity index (χ0n) is 11.3. The lowest BCUT2D eigenvalue weighted by atomic mass is 10.0. The fraction of sp³-hybridized carbons (Fsp3) is 1.00. The molecule has 6 heteroatoms. The summed E-state index contributed by atoms with van der Waals surface area (Å²) in [6, 6.07) is 0. The molecule has 0 aliphatic carbocycles. The van der Waals surface area contributed by atoms with Crippen molar-refractivity contribution in [3.05, 3.63) is 0 Å². The first kappa shape index (κ1) is 16.3. The molecule has 0 radical (unpaired) electrons. The lowest BCUT2D eigenvalue weighted by molar-refractivity contribution is 0.402. The Balaban J connectivity index is 2.11. The molecule has 1 rings (SSSR count). The van der Waals surface area contributed by atoms with Gasteiger partial charge in [-0.25, -0.2) is 13.1 Å². The summed E-state index contributed by atoms with van der Waals surface area (Å²) in [6.07, 6.45) is 7.45. The molecule has 1 aliphatic rings. The van der Waals surface area contributed by atoms with E-state index in [9.17, 15) is 8.42 Å². The molecule has 0 aromatic heterocycles. The van der Waals surface area contributed by atoms with Gasteiger partial charge in [0.1, 0.15) is 0 Å². The van der Waals surface area contributed by atoms with Gasteiger partial charge in [-0.05, 0) is 56.7 Å². The van der Waals surface area contributed by atoms with E-state index in [2.05, 4.69) is 16.3 Å². The fourth-order valence-electron chi connectivity index (χ4n) is 2.21. The molecule has 18 heavy (non-hydrogen) atoms. The van der Waals surface area contributed by atoms with E-state index in [1.807, 2.05) is 11.8 Å². The monoisotopic (exact) mass is 294 g/mol. The first-order valence-electron chi connectivity index (χ1n) is 6.81. The minimum absolute atomic E-state index is 0.283. The summed E-state index contributed by atoms with van der Waals surface area (Å²) in [6.45, 7) is 2.46. The number of rotatable bonds is 9. The van der Waals surface area contributed by atoms with Crippen molar-refractivity contribution < 1.29 is 8.42 Å². The molecule has 0 aromatic carbocycles. The molecule has 1 aliphatic heterocycles. The molecule has 1 atom stereocenters. The van der Waals surface area contributed by atoms with Crippen LogP contribution in [-0.2, 0) is 10.0 Å². The summed E-state index contributed by atoms with van der Waals surface area (Å²) in [4.78, 5) is 0. The van der Waals surface area contributed by atoms with E-state index in [1.54, 1.807) is 0 Å². The molecule has 1 fully saturated rings. The summed E-state index contributed by atoms with van der Waals surface area (Å²) >= 11 is 1.84. The second kappa shape index (κ2) is 9.18. The van der Waals surface area contributed by atoms with Crippen LogP contribution in [0.3, 0.4) is 0 Å². The molecule has 0 spiro atoms. The number of piperidine rings is 1. The summed E-state index contributed by atoms with van der Waals surface area (Å²) in [7, 11) is -3.07. The second-order valence-corrected chi connectivity index (χ2v) is 7.78. The van der Waals surface area contributed by atoms with Gasteiger partial charge in [-0.3, -0.25) is 0 Å². The van der Waals surface area contributed by atoms with Gasteiger partial charge in [0.15, 0.2) is 0 Å². The molecule has 0 saturated carbocycles. The third-order valence-corrected chi connectivity index (χ3v) is 5.45. The van der Waals surface area contributed by atoms with Gasteiger partial charge in [-0.2, -0.15) is 11.8 Å². The number of hydrogen-bond acceptors (Lipinski definition) is 4. The molecule has 2 N–H and O–H groups in total. The van der Waals surface area contributed by atoms with Crippen LogP contribution in [0.4, 0.5) is 0 Å². The number of unbranched alkanes of at least 4 members (excludes halogenated alkanes) is 2. The summed E-state index contributed by atoms with van der Waals surface area (Å²) in [5.41, 5.74) is 0. The van der Waals surface area contributed by atoms with E-state index in [-0.39, 0.29) is 11.7 Å². The predicted octanol–water partition coefficient (Wildman–Crippen LogP) is 1.44. The van der Waals surface area contributed by atoms with Crippen molar-refractivity contribution in [2.45, 2.75) is 32.1 Å². The van der Waals surface area contributed by atoms with E-state index in [1.165, 1.54) is 12.2 Å². The van der Waals surface area contributed by atoms with Crippen molar-refractivity contribution in [1.82, 2.24) is 10.0 Å². The first-order valence-corrected chi connectivity index (χ1v) is 9.85. The van der Waals surface area contributed by atoms with Crippen LogP contribution in [0.25, 0.3) is 0 Å². The third kappa shape index (κ3) is 7.61. The minimum atomic E-state index is -3.07. The Labute approximate surface area is 116 Å². The zero-order chi connectivity index (χ0) is 13.3. The highest BCUT2D eigenvalue weighted by Crippen LogP contribution is 2.11. The predicted molar refractivity (Wildman–Crippen MR) is 79.6 cm³/mol. The Morgan fingerprint density at radius 3 is 2.83 bits per heavy atom. The summed E-state index contributed by atoms with van der Waals surface area (Å²) < 4.78 is 26.4. The standard InChI is InChI=1S/C12H26N2O2S2/c1-17-9-4-2-3-8-14-18(15,16)11-12-6-5-7-13-10-12/h12-14H,2-11H2,1H3. The SMILES string of the molecule is CSCCCCCNS(=O)(=O)CC1CCCNC1. The molecule has 108 valence electrons. The van der Waals surface area contributed by atoms with Crippen molar-refractivity contribution in [3.63, 3.8) is 0 Å². The molecule has 4 nitrogen and oxygen atoms in total. The van der Waals surface area contributed by atoms with E-state index in [0.717, 1.165) is 38.8 Å². The molecule has 1 unspecified atom stereocenters. The fourth-order valence-corrected chi connectivity index (χ4v) is 4.18. The van der Waals surface area contributed by atoms with Crippen LogP contribution in [0.2, 0.25) is 0 Å². The van der Waals surface area contributed by atoms with Crippen LogP contribution in [0.15, 0.2) is 0 Å². The maximum atomic E-state index is 11.8. The lowest BCUT2D eigenvalue weighted by Gasteiger charge is -2.22. The van der Waals surface area contributed by atoms with Crippen LogP contribution in [0, 0.1) is 5.92 Å². The molecule has 0 amide bonds. The maximum Gasteiger partial charge on any atom is 0.211 e. The van der Waals surface area contributed by atoms with Gasteiger partial charge in [0.25, 0.3) is 0 Å². The Morgan fingerprint density at radius 1 is 1.33 bits per heavy atom. The molecule has 0 aromatic rings. The number of hydrogen-bond donors (Lipinski definition) is 2. The highest BCUT2D eigenvalue weighted by Gasteiger charge is 2.20. The average molecular weight is 294 g/mol. The van der Waals surface area contributed by atoms with Gasteiger partial charge in [0.05, 0.1) is 5.75 Å². The molecule has 0 bridgehead atoms. The number of thioether (sulfide) groups is 1. The highest BCUT2D eigenvalue weighted by molar-refractivity contribution is 7.98. The largest absolute Gasteiger partial charge is 0.316 e. The van der Waals surface area contributed by atoms with E-state index in [0.29, 0.717) is 6.54 Å². The molecular weight excluding hydrogens is 268 g/mol. The Hall–Kier alpha value is 0.220. The van der Waals surface area contributed by atoms with Crippen LogP contribution in [-0.4, -0.2) is 45.8 Å². The van der Waals surface area contributed by atoms with E-state index < -0.39 is 10.0 Å². The van der Waals surface area contributed by atoms with Crippen LogP contribution in [0.1, 0.15) is 32.1 Å². The van der Waals surface area contributed by atoms with Gasteiger partial charge in [-0.15, -0.1) is 0 Å². The topological polar surface area (TPSA) is 58.2 Å². The highest BCUT2D eigenvalue weighted by atomic mass is 32.2. The number of nitrogens with one attached hydrogen (secondary N) is 2. The molecule has 1 heterocycles. The zero-order valence-corrected chi connectivity index (χ0v) is 12.9. The second-order valence-electron chi connectivity index (χ2n) is 4.94. The Morgan fingerprint density at radius 2 is 2.17 bits per heavy atom. The average Bonchev–Trinajstić information content (AvgIpc) is 2.34. The van der Waals surface area contributed by atoms with Gasteiger partial charge < -0.3 is 5.32 Å². The van der Waals surface area contributed by atoms with Crippen molar-refractivity contribution in [2.24, 2.45) is 5.92 Å². The Kier molecular flexibility index (Phi) is 8.30. The normalized spacial score (nSPS) is 21.1. The van der Waals surface area contributed by atoms with Gasteiger partial charge in [-0.1, -0.05) is 6.42 Å². The third-order valence-electron chi connectivity index (χ3n) is 3.20. The van der Waals surface area contributed by atoms with Crippen LogP contribution in [0.5, 0.6) is 0 Å². The van der Waals surface area contributed by atoms with Gasteiger partial charge >= 0.3 is 0 Å². The minimum Gasteiger partial charge on any atom is -0.316 e. The quantitative estimate of drug-likeness (QED) is 0.632. The van der Waals surface area contributed by atoms with Crippen molar-refractivity contribution in [1.29, 1.82) is 0 Å². The van der Waals surface area contributed by atoms with Gasteiger partial charge in [0, 0.05) is 6.54 Å². The van der Waals surface area contributed by atoms with Crippen LogP contribution >= 0.6 is 11.8 Å². The summed E-state index contributed by atoms with van der Waals surface area (Å²) in [5.74, 6) is 1.73. The Bertz CT molecular complexity index is 301. The van der Waals surface area contributed by atoms with Crippen molar-refractivity contribution >= 4 is 21.8 Å². The van der Waals surface area contributed by atoms with E-state index >= 15 is 0 Å². The van der Waals surface area contributed by atoms with Crippen molar-refractivity contribution in [2.75, 3.05) is 37.4 Å². The molecule has 1 saturated heterocycles. The molecular formula is C12H26N2O2S2. The first-order chi connectivity index (χ1) is 8.64. The maximum absolute atomic E-state index is 11.8. The number of sulfonamides is 1. The smallest absolute Gasteiger partial charge is 0.211 e. The van der Waals surface area contributed by atoms with Gasteiger partial charge in [0.2, 0.25) is 10.0 Å². The summed E-state index contributed by atoms with van der Waals surface area (Å²) in [5, 5.41) is 3.25. The van der Waals surface area contributed by atoms with E-state index in [4.69, 9.17) is 0 Å². The van der Waals surface area contributed by atoms with Crippen molar-refractivity contribution in [3.8, 4) is 0 Å².